The van der Waals surface area contributed by atoms with E-state index in [4.69, 9.17) is 9.47 Å². The molecule has 0 spiro atoms. The van der Waals surface area contributed by atoms with Gasteiger partial charge in [-0.15, -0.1) is 0 Å². The van der Waals surface area contributed by atoms with Crippen molar-refractivity contribution in [3.05, 3.63) is 35.9 Å². The summed E-state index contributed by atoms with van der Waals surface area (Å²) in [4.78, 5) is 11.8. The Morgan fingerprint density at radius 1 is 1.23 bits per heavy atom. The molecule has 1 heterocycles. The van der Waals surface area contributed by atoms with Crippen LogP contribution in [-0.2, 0) is 9.47 Å². The van der Waals surface area contributed by atoms with Crippen LogP contribution in [0.4, 0.5) is 4.79 Å². The second kappa shape index (κ2) is 6.67. The first-order valence-corrected chi connectivity index (χ1v) is 8.01. The monoisotopic (exact) mass is 304 g/mol. The molecule has 2 fully saturated rings. The lowest BCUT2D eigenvalue weighted by atomic mass is 10.1. The van der Waals surface area contributed by atoms with Crippen LogP contribution in [0.1, 0.15) is 31.2 Å². The lowest BCUT2D eigenvalue weighted by Crippen LogP contribution is -2.40. The number of hydrogen-bond donors (Lipinski definition) is 2. The van der Waals surface area contributed by atoms with E-state index in [0.717, 1.165) is 13.0 Å². The van der Waals surface area contributed by atoms with Crippen LogP contribution in [0.3, 0.4) is 0 Å². The molecule has 1 aromatic rings. The van der Waals surface area contributed by atoms with Crippen LogP contribution in [-0.4, -0.2) is 38.1 Å². The highest BCUT2D eigenvalue weighted by atomic mass is 16.7. The molecule has 2 atom stereocenters. The van der Waals surface area contributed by atoms with Crippen LogP contribution in [0.15, 0.2) is 30.3 Å². The van der Waals surface area contributed by atoms with Gasteiger partial charge in [0.25, 0.3) is 0 Å². The summed E-state index contributed by atoms with van der Waals surface area (Å²) in [7, 11) is 0. The molecule has 5 heteroatoms. The number of ether oxygens (including phenoxy) is 2. The Morgan fingerprint density at radius 2 is 1.95 bits per heavy atom. The standard InChI is InChI=1S/C17H24N2O3/c1-17(21-9-10-22-17)7-8-18-16(20)19-12-14-11-15(14)13-5-3-2-4-6-13/h2-6,14-15H,7-12H2,1H3,(H2,18,19,20)/t14-,15-/m0/s1. The molecule has 2 amide bonds. The van der Waals surface area contributed by atoms with Gasteiger partial charge in [0.1, 0.15) is 0 Å². The van der Waals surface area contributed by atoms with E-state index in [-0.39, 0.29) is 6.03 Å². The SMILES string of the molecule is CC1(CCNC(=O)NC[C@@H]2C[C@H]2c2ccccc2)OCCO1. The van der Waals surface area contributed by atoms with Gasteiger partial charge in [-0.1, -0.05) is 30.3 Å². The van der Waals surface area contributed by atoms with E-state index in [0.29, 0.717) is 38.0 Å². The molecule has 2 aliphatic rings. The molecule has 1 aliphatic carbocycles. The van der Waals surface area contributed by atoms with Gasteiger partial charge >= 0.3 is 6.03 Å². The number of urea groups is 1. The minimum absolute atomic E-state index is 0.111. The van der Waals surface area contributed by atoms with Gasteiger partial charge in [0.05, 0.1) is 13.2 Å². The van der Waals surface area contributed by atoms with Gasteiger partial charge in [0, 0.05) is 19.5 Å². The van der Waals surface area contributed by atoms with Crippen molar-refractivity contribution in [1.29, 1.82) is 0 Å². The highest BCUT2D eigenvalue weighted by Gasteiger charge is 2.38. The maximum atomic E-state index is 11.8. The smallest absolute Gasteiger partial charge is 0.314 e. The van der Waals surface area contributed by atoms with Crippen molar-refractivity contribution < 1.29 is 14.3 Å². The normalized spacial score (nSPS) is 25.7. The number of amides is 2. The molecule has 0 unspecified atom stereocenters. The number of hydrogen-bond acceptors (Lipinski definition) is 3. The van der Waals surface area contributed by atoms with E-state index < -0.39 is 5.79 Å². The van der Waals surface area contributed by atoms with Crippen LogP contribution < -0.4 is 10.6 Å². The van der Waals surface area contributed by atoms with Crippen molar-refractivity contribution in [2.24, 2.45) is 5.92 Å². The van der Waals surface area contributed by atoms with E-state index in [1.165, 1.54) is 5.56 Å². The van der Waals surface area contributed by atoms with E-state index in [2.05, 4.69) is 34.9 Å². The Labute approximate surface area is 131 Å². The summed E-state index contributed by atoms with van der Waals surface area (Å²) in [5.74, 6) is 0.621. The fraction of sp³-hybridized carbons (Fsp3) is 0.588. The third-order valence-electron chi connectivity index (χ3n) is 4.44. The zero-order valence-corrected chi connectivity index (χ0v) is 13.0. The predicted molar refractivity (Wildman–Crippen MR) is 83.6 cm³/mol. The van der Waals surface area contributed by atoms with Crippen molar-refractivity contribution in [1.82, 2.24) is 10.6 Å². The van der Waals surface area contributed by atoms with Crippen LogP contribution in [0.2, 0.25) is 0 Å². The third-order valence-corrected chi connectivity index (χ3v) is 4.44. The van der Waals surface area contributed by atoms with Crippen molar-refractivity contribution >= 4 is 6.03 Å². The van der Waals surface area contributed by atoms with Crippen molar-refractivity contribution in [3.63, 3.8) is 0 Å². The average molecular weight is 304 g/mol. The van der Waals surface area contributed by atoms with Crippen LogP contribution in [0.5, 0.6) is 0 Å². The average Bonchev–Trinajstić information content (AvgIpc) is 3.19. The Bertz CT molecular complexity index is 500. The molecule has 0 radical (unpaired) electrons. The van der Waals surface area contributed by atoms with Crippen molar-refractivity contribution in [2.45, 2.75) is 31.5 Å². The number of carbonyl (C=O) groups is 1. The van der Waals surface area contributed by atoms with Gasteiger partial charge < -0.3 is 20.1 Å². The van der Waals surface area contributed by atoms with Crippen LogP contribution >= 0.6 is 0 Å². The lowest BCUT2D eigenvalue weighted by molar-refractivity contribution is -0.145. The summed E-state index contributed by atoms with van der Waals surface area (Å²) < 4.78 is 11.0. The first kappa shape index (κ1) is 15.3. The molecule has 1 aromatic carbocycles. The molecule has 3 rings (SSSR count). The minimum atomic E-state index is -0.540. The molecule has 0 aromatic heterocycles. The zero-order chi connectivity index (χ0) is 15.4. The highest BCUT2D eigenvalue weighted by Crippen LogP contribution is 2.46. The summed E-state index contributed by atoms with van der Waals surface area (Å²) >= 11 is 0. The lowest BCUT2D eigenvalue weighted by Gasteiger charge is -2.22. The first-order valence-electron chi connectivity index (χ1n) is 8.01. The first-order chi connectivity index (χ1) is 10.7. The maximum absolute atomic E-state index is 11.8. The topological polar surface area (TPSA) is 59.6 Å². The number of benzene rings is 1. The molecule has 5 nitrogen and oxygen atoms in total. The Balaban J connectivity index is 1.30. The van der Waals surface area contributed by atoms with Gasteiger partial charge in [-0.25, -0.2) is 4.79 Å². The van der Waals surface area contributed by atoms with E-state index in [1.807, 2.05) is 13.0 Å². The summed E-state index contributed by atoms with van der Waals surface area (Å²) in [6.45, 7) is 4.45. The summed E-state index contributed by atoms with van der Waals surface area (Å²) in [5.41, 5.74) is 1.37. The summed E-state index contributed by atoms with van der Waals surface area (Å²) in [6.07, 6.45) is 1.82. The Kier molecular flexibility index (Phi) is 4.64. The molecule has 1 saturated heterocycles. The second-order valence-corrected chi connectivity index (χ2v) is 6.23. The number of carbonyl (C=O) groups excluding carboxylic acids is 1. The molecular weight excluding hydrogens is 280 g/mol. The minimum Gasteiger partial charge on any atom is -0.348 e. The van der Waals surface area contributed by atoms with E-state index in [1.54, 1.807) is 0 Å². The Morgan fingerprint density at radius 3 is 2.68 bits per heavy atom. The van der Waals surface area contributed by atoms with Crippen molar-refractivity contribution in [3.8, 4) is 0 Å². The van der Waals surface area contributed by atoms with Crippen LogP contribution in [0, 0.1) is 5.92 Å². The molecule has 1 aliphatic heterocycles. The summed E-state index contributed by atoms with van der Waals surface area (Å²) in [5, 5.41) is 5.81. The van der Waals surface area contributed by atoms with E-state index >= 15 is 0 Å². The van der Waals surface area contributed by atoms with Gasteiger partial charge in [-0.2, -0.15) is 0 Å². The molecular formula is C17H24N2O3. The zero-order valence-electron chi connectivity index (χ0n) is 13.0. The largest absolute Gasteiger partial charge is 0.348 e. The molecule has 22 heavy (non-hydrogen) atoms. The van der Waals surface area contributed by atoms with Gasteiger partial charge in [-0.05, 0) is 30.7 Å². The molecule has 1 saturated carbocycles. The maximum Gasteiger partial charge on any atom is 0.314 e. The number of rotatable bonds is 6. The van der Waals surface area contributed by atoms with Gasteiger partial charge in [0.2, 0.25) is 0 Å². The second-order valence-electron chi connectivity index (χ2n) is 6.23. The highest BCUT2D eigenvalue weighted by molar-refractivity contribution is 5.73. The van der Waals surface area contributed by atoms with Gasteiger partial charge in [0.15, 0.2) is 5.79 Å². The van der Waals surface area contributed by atoms with Crippen molar-refractivity contribution in [2.75, 3.05) is 26.3 Å². The Hall–Kier alpha value is -1.59. The van der Waals surface area contributed by atoms with Gasteiger partial charge in [-0.3, -0.25) is 0 Å². The molecule has 2 N–H and O–H groups in total. The quantitative estimate of drug-likeness (QED) is 0.847. The molecule has 120 valence electrons. The number of nitrogens with one attached hydrogen (secondary N) is 2. The van der Waals surface area contributed by atoms with Crippen LogP contribution in [0.25, 0.3) is 0 Å². The molecule has 0 bridgehead atoms. The third kappa shape index (κ3) is 3.99. The predicted octanol–water partition coefficient (Wildman–Crippen LogP) is 2.24. The fourth-order valence-electron chi connectivity index (χ4n) is 2.97. The van der Waals surface area contributed by atoms with E-state index in [9.17, 15) is 4.79 Å². The summed E-state index contributed by atoms with van der Waals surface area (Å²) in [6, 6.07) is 10.4. The fourth-order valence-corrected chi connectivity index (χ4v) is 2.97.